The second kappa shape index (κ2) is 6.29. The summed E-state index contributed by atoms with van der Waals surface area (Å²) in [6.45, 7) is 0. The fraction of sp³-hybridized carbons (Fsp3) is 0.0455. The lowest BCUT2D eigenvalue weighted by molar-refractivity contribution is 0.0963. The van der Waals surface area contributed by atoms with Gasteiger partial charge in [-0.1, -0.05) is 54.6 Å². The number of ketones is 1. The first kappa shape index (κ1) is 15.2. The van der Waals surface area contributed by atoms with Gasteiger partial charge in [-0.2, -0.15) is 0 Å². The molecule has 0 saturated heterocycles. The first-order valence-corrected chi connectivity index (χ1v) is 8.08. The monoisotopic (exact) mass is 328 g/mol. The fourth-order valence-corrected chi connectivity index (χ4v) is 2.99. The van der Waals surface area contributed by atoms with Crippen LogP contribution < -0.4 is 4.74 Å². The molecule has 1 N–H and O–H groups in total. The molecule has 1 atom stereocenters. The third-order valence-electron chi connectivity index (χ3n) is 4.24. The lowest BCUT2D eigenvalue weighted by Gasteiger charge is -2.28. The van der Waals surface area contributed by atoms with Crippen LogP contribution in [0.1, 0.15) is 27.6 Å². The number of phenols is 1. The zero-order valence-electron chi connectivity index (χ0n) is 13.4. The average Bonchev–Trinajstić information content (AvgIpc) is 2.66. The van der Waals surface area contributed by atoms with Crippen molar-refractivity contribution in [3.05, 3.63) is 101 Å². The number of carbonyl (C=O) groups excluding carboxylic acids is 1. The largest absolute Gasteiger partial charge is 0.508 e. The zero-order chi connectivity index (χ0) is 17.2. The molecule has 0 fully saturated rings. The highest BCUT2D eigenvalue weighted by atomic mass is 16.5. The van der Waals surface area contributed by atoms with Crippen LogP contribution in [0.25, 0.3) is 6.08 Å². The Morgan fingerprint density at radius 3 is 2.28 bits per heavy atom. The molecule has 0 bridgehead atoms. The molecule has 1 aliphatic heterocycles. The van der Waals surface area contributed by atoms with Crippen LogP contribution in [-0.2, 0) is 0 Å². The van der Waals surface area contributed by atoms with Gasteiger partial charge in [0.15, 0.2) is 11.9 Å². The standard InChI is InChI=1S/C22H16O3/c23-17-12-10-15(11-13-17)14-19-21(24)18-8-4-5-9-20(18)25-22(19)16-6-2-1-3-7-16/h1-14,22-23H/b19-14+. The van der Waals surface area contributed by atoms with Gasteiger partial charge in [0.2, 0.25) is 0 Å². The Morgan fingerprint density at radius 1 is 0.840 bits per heavy atom. The summed E-state index contributed by atoms with van der Waals surface area (Å²) in [5.74, 6) is 0.756. The van der Waals surface area contributed by atoms with Gasteiger partial charge in [0.25, 0.3) is 0 Å². The minimum Gasteiger partial charge on any atom is -0.508 e. The van der Waals surface area contributed by atoms with Gasteiger partial charge in [0, 0.05) is 5.57 Å². The summed E-state index contributed by atoms with van der Waals surface area (Å²) >= 11 is 0. The van der Waals surface area contributed by atoms with Crippen molar-refractivity contribution in [1.82, 2.24) is 0 Å². The molecule has 1 heterocycles. The van der Waals surface area contributed by atoms with E-state index in [0.717, 1.165) is 11.1 Å². The van der Waals surface area contributed by atoms with E-state index in [9.17, 15) is 9.90 Å². The predicted octanol–water partition coefficient (Wildman–Crippen LogP) is 4.79. The van der Waals surface area contributed by atoms with Crippen LogP contribution in [0.4, 0.5) is 0 Å². The summed E-state index contributed by atoms with van der Waals surface area (Å²) in [5, 5.41) is 9.46. The van der Waals surface area contributed by atoms with E-state index in [1.54, 1.807) is 30.3 Å². The molecule has 0 spiro atoms. The van der Waals surface area contributed by atoms with Crippen molar-refractivity contribution in [1.29, 1.82) is 0 Å². The molecule has 4 rings (SSSR count). The number of phenolic OH excluding ortho intramolecular Hbond substituents is 1. The number of carbonyl (C=O) groups is 1. The van der Waals surface area contributed by atoms with Crippen LogP contribution in [0.5, 0.6) is 11.5 Å². The van der Waals surface area contributed by atoms with E-state index in [1.165, 1.54) is 0 Å². The Morgan fingerprint density at radius 2 is 1.52 bits per heavy atom. The maximum absolute atomic E-state index is 13.1. The Hall–Kier alpha value is -3.33. The molecule has 3 aromatic carbocycles. The van der Waals surface area contributed by atoms with Gasteiger partial charge < -0.3 is 9.84 Å². The van der Waals surface area contributed by atoms with Crippen LogP contribution in [0.2, 0.25) is 0 Å². The summed E-state index contributed by atoms with van der Waals surface area (Å²) in [4.78, 5) is 13.1. The summed E-state index contributed by atoms with van der Waals surface area (Å²) in [6.07, 6.45) is 1.37. The van der Waals surface area contributed by atoms with Crippen molar-refractivity contribution in [2.24, 2.45) is 0 Å². The maximum atomic E-state index is 13.1. The van der Waals surface area contributed by atoms with Gasteiger partial charge in [-0.25, -0.2) is 0 Å². The van der Waals surface area contributed by atoms with Gasteiger partial charge in [0.1, 0.15) is 11.5 Å². The molecular weight excluding hydrogens is 312 g/mol. The molecule has 0 amide bonds. The minimum atomic E-state index is -0.461. The molecule has 0 aliphatic carbocycles. The number of benzene rings is 3. The van der Waals surface area contributed by atoms with Crippen molar-refractivity contribution < 1.29 is 14.6 Å². The third kappa shape index (κ3) is 2.92. The third-order valence-corrected chi connectivity index (χ3v) is 4.24. The number of ether oxygens (including phenoxy) is 1. The van der Waals surface area contributed by atoms with E-state index in [2.05, 4.69) is 0 Å². The smallest absolute Gasteiger partial charge is 0.196 e. The predicted molar refractivity (Wildman–Crippen MR) is 96.7 cm³/mol. The SMILES string of the molecule is O=C1/C(=C\c2ccc(O)cc2)C(c2ccccc2)Oc2ccccc21. The average molecular weight is 328 g/mol. The van der Waals surface area contributed by atoms with Crippen molar-refractivity contribution in [2.75, 3.05) is 0 Å². The van der Waals surface area contributed by atoms with E-state index in [4.69, 9.17) is 4.74 Å². The molecule has 25 heavy (non-hydrogen) atoms. The van der Waals surface area contributed by atoms with Crippen molar-refractivity contribution in [3.63, 3.8) is 0 Å². The number of fused-ring (bicyclic) bond motifs is 1. The van der Waals surface area contributed by atoms with E-state index in [0.29, 0.717) is 16.9 Å². The molecule has 0 radical (unpaired) electrons. The maximum Gasteiger partial charge on any atom is 0.196 e. The molecule has 0 aromatic heterocycles. The number of hydrogen-bond donors (Lipinski definition) is 1. The molecule has 122 valence electrons. The Balaban J connectivity index is 1.85. The minimum absolute atomic E-state index is 0.0382. The molecule has 3 aromatic rings. The number of hydrogen-bond acceptors (Lipinski definition) is 3. The van der Waals surface area contributed by atoms with Gasteiger partial charge in [-0.05, 0) is 41.5 Å². The number of para-hydroxylation sites is 1. The van der Waals surface area contributed by atoms with Gasteiger partial charge in [-0.15, -0.1) is 0 Å². The lowest BCUT2D eigenvalue weighted by Crippen LogP contribution is -2.23. The van der Waals surface area contributed by atoms with Crippen LogP contribution in [-0.4, -0.2) is 10.9 Å². The highest BCUT2D eigenvalue weighted by Crippen LogP contribution is 2.39. The van der Waals surface area contributed by atoms with Gasteiger partial charge in [-0.3, -0.25) is 4.79 Å². The molecular formula is C22H16O3. The summed E-state index contributed by atoms with van der Waals surface area (Å²) in [6, 6.07) is 23.8. The van der Waals surface area contributed by atoms with Crippen molar-refractivity contribution in [2.45, 2.75) is 6.10 Å². The molecule has 1 aliphatic rings. The van der Waals surface area contributed by atoms with E-state index >= 15 is 0 Å². The first-order chi connectivity index (χ1) is 12.2. The van der Waals surface area contributed by atoms with E-state index < -0.39 is 6.10 Å². The van der Waals surface area contributed by atoms with Gasteiger partial charge >= 0.3 is 0 Å². The van der Waals surface area contributed by atoms with Crippen molar-refractivity contribution >= 4 is 11.9 Å². The van der Waals surface area contributed by atoms with Crippen LogP contribution in [0.15, 0.2) is 84.4 Å². The fourth-order valence-electron chi connectivity index (χ4n) is 2.99. The van der Waals surface area contributed by atoms with Crippen LogP contribution in [0.3, 0.4) is 0 Å². The normalized spacial score (nSPS) is 17.8. The summed E-state index contributed by atoms with van der Waals surface area (Å²) in [5.41, 5.74) is 2.91. The van der Waals surface area contributed by atoms with Crippen molar-refractivity contribution in [3.8, 4) is 11.5 Å². The molecule has 3 nitrogen and oxygen atoms in total. The van der Waals surface area contributed by atoms with E-state index in [1.807, 2.05) is 54.6 Å². The number of rotatable bonds is 2. The van der Waals surface area contributed by atoms with Crippen LogP contribution in [0, 0.1) is 0 Å². The lowest BCUT2D eigenvalue weighted by atomic mass is 9.89. The molecule has 0 saturated carbocycles. The van der Waals surface area contributed by atoms with Gasteiger partial charge in [0.05, 0.1) is 5.56 Å². The second-order valence-corrected chi connectivity index (χ2v) is 5.93. The quantitative estimate of drug-likeness (QED) is 0.688. The highest BCUT2D eigenvalue weighted by molar-refractivity contribution is 6.14. The Bertz CT molecular complexity index is 941. The van der Waals surface area contributed by atoms with E-state index in [-0.39, 0.29) is 11.5 Å². The highest BCUT2D eigenvalue weighted by Gasteiger charge is 2.32. The van der Waals surface area contributed by atoms with Crippen LogP contribution >= 0.6 is 0 Å². The molecule has 3 heteroatoms. The zero-order valence-corrected chi connectivity index (χ0v) is 13.4. The molecule has 1 unspecified atom stereocenters. The Labute approximate surface area is 145 Å². The first-order valence-electron chi connectivity index (χ1n) is 8.08. The number of Topliss-reactive ketones (excluding diaryl/α,β-unsaturated/α-hetero) is 1. The summed E-state index contributed by atoms with van der Waals surface area (Å²) in [7, 11) is 0. The Kier molecular flexibility index (Phi) is 3.82. The number of aromatic hydroxyl groups is 1. The second-order valence-electron chi connectivity index (χ2n) is 5.93. The topological polar surface area (TPSA) is 46.5 Å². The summed E-state index contributed by atoms with van der Waals surface area (Å²) < 4.78 is 6.16.